The molecule has 8 nitrogen and oxygen atoms in total. The number of benzene rings is 2. The Labute approximate surface area is 386 Å². The van der Waals surface area contributed by atoms with E-state index < -0.39 is 111 Å². The molecule has 2 aromatic carbocycles. The predicted molar refractivity (Wildman–Crippen MR) is 218 cm³/mol. The van der Waals surface area contributed by atoms with Crippen molar-refractivity contribution in [2.45, 2.75) is 125 Å². The maximum absolute atomic E-state index is 15.0. The van der Waals surface area contributed by atoms with Crippen LogP contribution in [0.4, 0.5) is 85.1 Å². The van der Waals surface area contributed by atoms with Gasteiger partial charge in [-0.3, -0.25) is 5.32 Å². The minimum atomic E-state index is -8.70. The quantitative estimate of drug-likeness (QED) is 0.0238. The molecule has 0 aromatic heterocycles. The van der Waals surface area contributed by atoms with E-state index >= 15 is 8.78 Å². The molecule has 69 heavy (non-hydrogen) atoms. The first-order valence-corrected chi connectivity index (χ1v) is 22.9. The summed E-state index contributed by atoms with van der Waals surface area (Å²) in [4.78, 5) is 24.8. The molecule has 2 aromatic rings. The number of amides is 1. The van der Waals surface area contributed by atoms with Crippen LogP contribution in [-0.4, -0.2) is 94.9 Å². The maximum Gasteiger partial charge on any atom is 0.460 e. The van der Waals surface area contributed by atoms with Crippen molar-refractivity contribution in [1.29, 1.82) is 0 Å². The van der Waals surface area contributed by atoms with Crippen LogP contribution in [0.2, 0.25) is 17.1 Å². The highest BCUT2D eigenvalue weighted by Crippen LogP contribution is 2.64. The number of allylic oxidation sites excluding steroid dienone is 1. The molecule has 1 amide bonds. The van der Waals surface area contributed by atoms with Gasteiger partial charge in [0.2, 0.25) is 0 Å². The third kappa shape index (κ3) is 13.2. The fourth-order valence-electron chi connectivity index (χ4n) is 6.83. The summed E-state index contributed by atoms with van der Waals surface area (Å²) in [6.07, 6.45) is -7.25. The average molecular weight is 1040 g/mol. The predicted octanol–water partition coefficient (Wildman–Crippen LogP) is 14.2. The van der Waals surface area contributed by atoms with Crippen LogP contribution in [-0.2, 0) is 18.7 Å². The molecule has 0 aliphatic carbocycles. The van der Waals surface area contributed by atoms with Crippen molar-refractivity contribution in [2.24, 2.45) is 5.92 Å². The molecule has 2 atom stereocenters. The Morgan fingerprint density at radius 2 is 1.17 bits per heavy atom. The van der Waals surface area contributed by atoms with Gasteiger partial charge in [-0.1, -0.05) is 65.5 Å². The van der Waals surface area contributed by atoms with Gasteiger partial charge in [0.25, 0.3) is 0 Å². The summed E-state index contributed by atoms with van der Waals surface area (Å²) >= 11 is 0. The van der Waals surface area contributed by atoms with Crippen molar-refractivity contribution in [3.8, 4) is 11.5 Å². The molecular formula is C43H50F17NO7Si. The van der Waals surface area contributed by atoms with Crippen LogP contribution >= 0.6 is 0 Å². The third-order valence-corrected chi connectivity index (χ3v) is 16.7. The Balaban J connectivity index is 2.29. The first-order valence-electron chi connectivity index (χ1n) is 20.6. The molecule has 0 bridgehead atoms. The summed E-state index contributed by atoms with van der Waals surface area (Å²) in [7, 11) is -2.57. The van der Waals surface area contributed by atoms with Gasteiger partial charge in [-0.2, -0.15) is 74.6 Å². The van der Waals surface area contributed by atoms with Crippen LogP contribution in [0.3, 0.4) is 0 Å². The van der Waals surface area contributed by atoms with E-state index in [2.05, 4.69) is 11.9 Å². The Bertz CT molecular complexity index is 2010. The number of carbonyl (C=O) groups is 2. The van der Waals surface area contributed by atoms with Crippen LogP contribution in [0.5, 0.6) is 11.5 Å². The molecule has 0 spiro atoms. The Kier molecular flexibility index (Phi) is 20.1. The summed E-state index contributed by atoms with van der Waals surface area (Å²) in [6.45, 7) is 9.54. The molecule has 0 fully saturated rings. The number of hydrogen-bond acceptors (Lipinski definition) is 7. The number of rotatable bonds is 27. The van der Waals surface area contributed by atoms with Gasteiger partial charge in [0.15, 0.2) is 8.32 Å². The van der Waals surface area contributed by atoms with E-state index in [0.29, 0.717) is 29.8 Å². The summed E-state index contributed by atoms with van der Waals surface area (Å²) in [5.74, 6) is -57.2. The molecule has 0 heterocycles. The number of hydrogen-bond donors (Lipinski definition) is 1. The lowest BCUT2D eigenvalue weighted by Crippen LogP contribution is -2.74. The molecule has 2 rings (SSSR count). The second-order valence-electron chi connectivity index (χ2n) is 16.2. The van der Waals surface area contributed by atoms with Crippen LogP contribution in [0.25, 0.3) is 0 Å². The van der Waals surface area contributed by atoms with Crippen LogP contribution < -0.4 is 14.8 Å². The molecule has 1 N–H and O–H groups in total. The standard InChI is InChI=1S/C43H50F17NO7Si/c1-8-22-66-33(62)12-10-9-11-28(6)34(68-35(63)61-30-15-19-31(64-7)20-16-30)29-13-17-32(18-14-29)65-23-24-67-69(26(2)3,27(4)5)25-21-36(44,45)37(46,47)38(48,49)39(50,51)40(52,53)41(54,55)42(56,57)43(58,59)60/h8,10,12-20,26-28,34H,1,9,11,21-25H2,2-7H3,(H,61,63)/b12-10+/t28-,34+/m1/s1. The van der Waals surface area contributed by atoms with E-state index in [-0.39, 0.29) is 18.3 Å². The Hall–Kier alpha value is -4.75. The van der Waals surface area contributed by atoms with Crippen molar-refractivity contribution < 1.29 is 108 Å². The van der Waals surface area contributed by atoms with Crippen molar-refractivity contribution in [3.63, 3.8) is 0 Å². The summed E-state index contributed by atoms with van der Waals surface area (Å²) < 4.78 is 264. The smallest absolute Gasteiger partial charge is 0.460 e. The highest BCUT2D eigenvalue weighted by molar-refractivity contribution is 6.76. The van der Waals surface area contributed by atoms with Gasteiger partial charge in [-0.05, 0) is 77.8 Å². The van der Waals surface area contributed by atoms with E-state index in [9.17, 15) is 75.4 Å². The molecular weight excluding hydrogens is 994 g/mol. The summed E-state index contributed by atoms with van der Waals surface area (Å²) in [5.41, 5.74) is -0.959. The lowest BCUT2D eigenvalue weighted by Gasteiger charge is -2.44. The van der Waals surface area contributed by atoms with Crippen molar-refractivity contribution in [2.75, 3.05) is 32.2 Å². The minimum Gasteiger partial charge on any atom is -0.497 e. The first kappa shape index (κ1) is 60.4. The van der Waals surface area contributed by atoms with E-state index in [1.807, 2.05) is 0 Å². The third-order valence-electron chi connectivity index (χ3n) is 11.0. The first-order chi connectivity index (χ1) is 31.5. The number of carbonyl (C=O) groups excluding carboxylic acids is 2. The van der Waals surface area contributed by atoms with Gasteiger partial charge >= 0.3 is 59.7 Å². The van der Waals surface area contributed by atoms with Crippen LogP contribution in [0.15, 0.2) is 73.3 Å². The molecule has 0 radical (unpaired) electrons. The van der Waals surface area contributed by atoms with Gasteiger partial charge in [0, 0.05) is 18.2 Å². The van der Waals surface area contributed by atoms with Gasteiger partial charge in [-0.25, -0.2) is 9.59 Å². The number of nitrogens with one attached hydrogen (secondary N) is 1. The number of anilines is 1. The molecule has 392 valence electrons. The van der Waals surface area contributed by atoms with E-state index in [1.54, 1.807) is 37.3 Å². The molecule has 0 unspecified atom stereocenters. The normalized spacial score (nSPS) is 14.7. The van der Waals surface area contributed by atoms with Gasteiger partial charge in [-0.15, -0.1) is 0 Å². The highest BCUT2D eigenvalue weighted by atomic mass is 28.4. The largest absolute Gasteiger partial charge is 0.497 e. The molecule has 0 aliphatic rings. The van der Waals surface area contributed by atoms with Crippen LogP contribution in [0.1, 0.15) is 65.5 Å². The second kappa shape index (κ2) is 23.0. The lowest BCUT2D eigenvalue weighted by atomic mass is 9.88. The van der Waals surface area contributed by atoms with Crippen molar-refractivity contribution in [1.82, 2.24) is 0 Å². The van der Waals surface area contributed by atoms with E-state index in [1.165, 1.54) is 71.2 Å². The van der Waals surface area contributed by atoms with Gasteiger partial charge in [0.1, 0.15) is 30.8 Å². The number of methoxy groups -OCH3 is 1. The Morgan fingerprint density at radius 3 is 1.65 bits per heavy atom. The van der Waals surface area contributed by atoms with Crippen molar-refractivity contribution >= 4 is 26.1 Å². The number of halogens is 17. The summed E-state index contributed by atoms with van der Waals surface area (Å²) in [5, 5.41) is 2.60. The number of alkyl halides is 17. The average Bonchev–Trinajstić information content (AvgIpc) is 3.25. The topological polar surface area (TPSA) is 92.3 Å². The number of ether oxygens (including phenoxy) is 4. The maximum atomic E-state index is 15.0. The van der Waals surface area contributed by atoms with E-state index in [4.69, 9.17) is 23.4 Å². The zero-order valence-electron chi connectivity index (χ0n) is 37.6. The van der Waals surface area contributed by atoms with Gasteiger partial charge in [0.05, 0.1) is 13.7 Å². The second-order valence-corrected chi connectivity index (χ2v) is 21.2. The lowest BCUT2D eigenvalue weighted by molar-refractivity contribution is -0.461. The van der Waals surface area contributed by atoms with E-state index in [0.717, 1.165) is 0 Å². The zero-order chi connectivity index (χ0) is 53.2. The molecule has 0 saturated heterocycles. The minimum absolute atomic E-state index is 0.00235. The summed E-state index contributed by atoms with van der Waals surface area (Å²) in [6, 6.07) is 10.9. The zero-order valence-corrected chi connectivity index (χ0v) is 38.6. The number of esters is 1. The highest BCUT2D eigenvalue weighted by Gasteiger charge is 2.95. The SMILES string of the molecule is C=CCOC(=O)/C=C/CC[C@@H](C)[C@H](OC(=O)Nc1ccc(OC)cc1)c1ccc(OCCO[Si](CCC(F)(F)C(F)(F)C(F)(F)C(F)(F)C(F)(F)C(F)(F)C(F)(F)C(F)(F)F)(C(C)C)C(C)C)cc1. The molecule has 26 heteroatoms. The monoisotopic (exact) mass is 1040 g/mol. The fourth-order valence-corrected chi connectivity index (χ4v) is 11.3. The van der Waals surface area contributed by atoms with Gasteiger partial charge < -0.3 is 23.4 Å². The Morgan fingerprint density at radius 1 is 0.681 bits per heavy atom. The van der Waals surface area contributed by atoms with Crippen LogP contribution in [0, 0.1) is 5.92 Å². The molecule has 0 aliphatic heterocycles. The molecule has 0 saturated carbocycles. The van der Waals surface area contributed by atoms with Crippen molar-refractivity contribution in [3.05, 3.63) is 78.9 Å². The fraction of sp³-hybridized carbons (Fsp3) is 0.581.